The van der Waals surface area contributed by atoms with Crippen LogP contribution in [0, 0.1) is 0 Å². The number of ether oxygens (including phenoxy) is 3. The summed E-state index contributed by atoms with van der Waals surface area (Å²) in [6, 6.07) is 14.8. The molecule has 4 rings (SSSR count). The first-order valence-corrected chi connectivity index (χ1v) is 10.9. The smallest absolute Gasteiger partial charge is 0.480 e. The fourth-order valence-electron chi connectivity index (χ4n) is 4.41. The van der Waals surface area contributed by atoms with Crippen LogP contribution in [0.25, 0.3) is 11.1 Å². The van der Waals surface area contributed by atoms with E-state index >= 15 is 0 Å². The number of hydrogen-bond donors (Lipinski definition) is 1. The van der Waals surface area contributed by atoms with E-state index in [1.807, 2.05) is 48.5 Å². The van der Waals surface area contributed by atoms with E-state index in [0.29, 0.717) is 0 Å². The van der Waals surface area contributed by atoms with Gasteiger partial charge in [0.2, 0.25) is 0 Å². The van der Waals surface area contributed by atoms with Crippen molar-refractivity contribution in [3.8, 4) is 11.1 Å². The van der Waals surface area contributed by atoms with Crippen LogP contribution in [0.1, 0.15) is 44.2 Å². The standard InChI is InChI=1S/C25H27NO7/c1-25(2,3)33-24(30)32-15-12-21(22(27)28)26(13-15)23(29)31-14-20-18-10-6-4-8-16(18)17-9-5-7-11-19(17)20/h4-11,15,20-21H,12-14H2,1-3H3,(H,27,28)/t15-,21+/m1/s1. The van der Waals surface area contributed by atoms with Gasteiger partial charge in [0.1, 0.15) is 24.4 Å². The van der Waals surface area contributed by atoms with Crippen molar-refractivity contribution < 1.29 is 33.7 Å². The Bertz CT molecular complexity index is 1030. The first-order chi connectivity index (χ1) is 15.6. The van der Waals surface area contributed by atoms with Gasteiger partial charge in [0.15, 0.2) is 0 Å². The highest BCUT2D eigenvalue weighted by atomic mass is 16.7. The fourth-order valence-corrected chi connectivity index (χ4v) is 4.41. The van der Waals surface area contributed by atoms with E-state index in [0.717, 1.165) is 27.2 Å². The normalized spacial score (nSPS) is 19.5. The van der Waals surface area contributed by atoms with Crippen molar-refractivity contribution in [3.63, 3.8) is 0 Å². The minimum absolute atomic E-state index is 0.0290. The Morgan fingerprint density at radius 1 is 1.00 bits per heavy atom. The zero-order valence-corrected chi connectivity index (χ0v) is 18.8. The van der Waals surface area contributed by atoms with Crippen molar-refractivity contribution in [2.24, 2.45) is 0 Å². The van der Waals surface area contributed by atoms with E-state index in [1.165, 1.54) is 0 Å². The van der Waals surface area contributed by atoms with Crippen LogP contribution in [-0.2, 0) is 19.0 Å². The minimum atomic E-state index is -1.18. The molecule has 1 amide bonds. The minimum Gasteiger partial charge on any atom is -0.480 e. The van der Waals surface area contributed by atoms with E-state index in [2.05, 4.69) is 0 Å². The van der Waals surface area contributed by atoms with Crippen LogP contribution < -0.4 is 0 Å². The number of benzene rings is 2. The largest absolute Gasteiger partial charge is 0.509 e. The summed E-state index contributed by atoms with van der Waals surface area (Å²) in [4.78, 5) is 37.7. The SMILES string of the molecule is CC(C)(C)OC(=O)O[C@@H]1C[C@@H](C(=O)O)N(C(=O)OCC2c3ccccc3-c3ccccc32)C1. The number of carboxylic acid groups (broad SMARTS) is 1. The van der Waals surface area contributed by atoms with E-state index in [4.69, 9.17) is 14.2 Å². The van der Waals surface area contributed by atoms with Crippen LogP contribution in [-0.4, -0.2) is 59.1 Å². The molecular weight excluding hydrogens is 426 g/mol. The number of amides is 1. The molecule has 0 bridgehead atoms. The Balaban J connectivity index is 1.43. The van der Waals surface area contributed by atoms with E-state index in [9.17, 15) is 19.5 Å². The molecule has 1 heterocycles. The molecule has 8 nitrogen and oxygen atoms in total. The molecule has 2 atom stereocenters. The molecule has 1 aliphatic carbocycles. The van der Waals surface area contributed by atoms with Gasteiger partial charge >= 0.3 is 18.2 Å². The average molecular weight is 453 g/mol. The number of rotatable bonds is 4. The Morgan fingerprint density at radius 3 is 2.12 bits per heavy atom. The highest BCUT2D eigenvalue weighted by Gasteiger charge is 2.43. The molecule has 2 aliphatic rings. The summed E-state index contributed by atoms with van der Waals surface area (Å²) >= 11 is 0. The van der Waals surface area contributed by atoms with Crippen molar-refractivity contribution in [3.05, 3.63) is 59.7 Å². The lowest BCUT2D eigenvalue weighted by atomic mass is 9.98. The summed E-state index contributed by atoms with van der Waals surface area (Å²) in [6.45, 7) is 5.10. The summed E-state index contributed by atoms with van der Waals surface area (Å²) in [7, 11) is 0. The van der Waals surface area contributed by atoms with Crippen molar-refractivity contribution in [2.75, 3.05) is 13.2 Å². The molecule has 2 aromatic rings. The Hall–Kier alpha value is -3.55. The number of carbonyl (C=O) groups is 3. The molecule has 1 N–H and O–H groups in total. The predicted octanol–water partition coefficient (Wildman–Crippen LogP) is 4.41. The van der Waals surface area contributed by atoms with Crippen LogP contribution in [0.15, 0.2) is 48.5 Å². The highest BCUT2D eigenvalue weighted by molar-refractivity contribution is 5.82. The summed E-state index contributed by atoms with van der Waals surface area (Å²) < 4.78 is 16.0. The summed E-state index contributed by atoms with van der Waals surface area (Å²) in [6.07, 6.45) is -2.47. The van der Waals surface area contributed by atoms with E-state index in [1.54, 1.807) is 20.8 Å². The van der Waals surface area contributed by atoms with Crippen molar-refractivity contribution in [2.45, 2.75) is 50.9 Å². The van der Waals surface area contributed by atoms with E-state index in [-0.39, 0.29) is 25.5 Å². The summed E-state index contributed by atoms with van der Waals surface area (Å²) in [5.74, 6) is -1.32. The average Bonchev–Trinajstić information content (AvgIpc) is 3.30. The van der Waals surface area contributed by atoms with Gasteiger partial charge in [-0.25, -0.2) is 14.4 Å². The maximum atomic E-state index is 12.9. The molecule has 33 heavy (non-hydrogen) atoms. The number of nitrogens with zero attached hydrogens (tertiary/aromatic N) is 1. The highest BCUT2D eigenvalue weighted by Crippen LogP contribution is 2.44. The molecule has 0 unspecified atom stereocenters. The van der Waals surface area contributed by atoms with Crippen molar-refractivity contribution in [1.29, 1.82) is 0 Å². The van der Waals surface area contributed by atoms with Crippen LogP contribution in [0.2, 0.25) is 0 Å². The van der Waals surface area contributed by atoms with Gasteiger partial charge in [-0.1, -0.05) is 48.5 Å². The van der Waals surface area contributed by atoms with Crippen LogP contribution in [0.4, 0.5) is 9.59 Å². The summed E-state index contributed by atoms with van der Waals surface area (Å²) in [5.41, 5.74) is 3.59. The number of carboxylic acids is 1. The molecule has 1 fully saturated rings. The van der Waals surface area contributed by atoms with Gasteiger partial charge in [-0.05, 0) is 43.0 Å². The molecular formula is C25H27NO7. The van der Waals surface area contributed by atoms with Gasteiger partial charge in [-0.15, -0.1) is 0 Å². The third kappa shape index (κ3) is 4.79. The van der Waals surface area contributed by atoms with E-state index < -0.39 is 36.0 Å². The maximum absolute atomic E-state index is 12.9. The van der Waals surface area contributed by atoms with Gasteiger partial charge < -0.3 is 19.3 Å². The molecule has 0 spiro atoms. The molecule has 1 aliphatic heterocycles. The van der Waals surface area contributed by atoms with Crippen LogP contribution in [0.5, 0.6) is 0 Å². The lowest BCUT2D eigenvalue weighted by Gasteiger charge is -2.22. The number of fused-ring (bicyclic) bond motifs is 3. The number of aliphatic carboxylic acids is 1. The van der Waals surface area contributed by atoms with Crippen molar-refractivity contribution >= 4 is 18.2 Å². The van der Waals surface area contributed by atoms with Gasteiger partial charge in [0.25, 0.3) is 0 Å². The molecule has 0 radical (unpaired) electrons. The lowest BCUT2D eigenvalue weighted by Crippen LogP contribution is -2.41. The number of hydrogen-bond acceptors (Lipinski definition) is 6. The van der Waals surface area contributed by atoms with Gasteiger partial charge in [-0.2, -0.15) is 0 Å². The second kappa shape index (κ2) is 8.77. The van der Waals surface area contributed by atoms with Crippen LogP contribution >= 0.6 is 0 Å². The molecule has 1 saturated heterocycles. The third-order valence-electron chi connectivity index (χ3n) is 5.77. The molecule has 2 aromatic carbocycles. The lowest BCUT2D eigenvalue weighted by molar-refractivity contribution is -0.141. The second-order valence-corrected chi connectivity index (χ2v) is 9.25. The topological polar surface area (TPSA) is 102 Å². The third-order valence-corrected chi connectivity index (χ3v) is 5.77. The number of likely N-dealkylation sites (tertiary alicyclic amines) is 1. The monoisotopic (exact) mass is 453 g/mol. The Labute approximate surface area is 192 Å². The molecule has 0 saturated carbocycles. The maximum Gasteiger partial charge on any atom is 0.509 e. The van der Waals surface area contributed by atoms with Crippen molar-refractivity contribution in [1.82, 2.24) is 4.90 Å². The van der Waals surface area contributed by atoms with Gasteiger partial charge in [-0.3, -0.25) is 4.90 Å². The number of carbonyl (C=O) groups excluding carboxylic acids is 2. The van der Waals surface area contributed by atoms with Gasteiger partial charge in [0.05, 0.1) is 6.54 Å². The zero-order chi connectivity index (χ0) is 23.8. The molecule has 8 heteroatoms. The molecule has 0 aromatic heterocycles. The van der Waals surface area contributed by atoms with Crippen LogP contribution in [0.3, 0.4) is 0 Å². The molecule has 174 valence electrons. The quantitative estimate of drug-likeness (QED) is 0.684. The first kappa shape index (κ1) is 22.6. The van der Waals surface area contributed by atoms with Gasteiger partial charge in [0, 0.05) is 12.3 Å². The summed E-state index contributed by atoms with van der Waals surface area (Å²) in [5, 5.41) is 9.59. The Morgan fingerprint density at radius 2 is 1.58 bits per heavy atom. The first-order valence-electron chi connectivity index (χ1n) is 10.9. The Kier molecular flexibility index (Phi) is 6.01. The zero-order valence-electron chi connectivity index (χ0n) is 18.8. The predicted molar refractivity (Wildman–Crippen MR) is 119 cm³/mol. The second-order valence-electron chi connectivity index (χ2n) is 9.25. The fraction of sp³-hybridized carbons (Fsp3) is 0.400.